The average molecular weight is 483 g/mol. The van der Waals surface area contributed by atoms with Crippen molar-refractivity contribution < 1.29 is 24.3 Å². The molecule has 11 nitrogen and oxygen atoms in total. The summed E-state index contributed by atoms with van der Waals surface area (Å²) in [4.78, 5) is 53.1. The number of carbonyl (C=O) groups is 4. The Morgan fingerprint density at radius 1 is 0.886 bits per heavy atom. The van der Waals surface area contributed by atoms with E-state index in [0.29, 0.717) is 12.0 Å². The molecule has 0 bridgehead atoms. The van der Waals surface area contributed by atoms with E-state index < -0.39 is 35.8 Å². The Labute approximate surface area is 203 Å². The molecule has 0 heterocycles. The smallest absolute Gasteiger partial charge is 0.326 e. The van der Waals surface area contributed by atoms with E-state index in [1.165, 1.54) is 0 Å². The zero-order chi connectivity index (χ0) is 25.6. The van der Waals surface area contributed by atoms with Gasteiger partial charge in [0.25, 0.3) is 5.91 Å². The minimum Gasteiger partial charge on any atom is -0.480 e. The number of amides is 3. The summed E-state index contributed by atoms with van der Waals surface area (Å²) >= 11 is 0. The number of rotatable bonds is 13. The molecule has 0 fully saturated rings. The van der Waals surface area contributed by atoms with Crippen molar-refractivity contribution in [3.8, 4) is 0 Å². The Morgan fingerprint density at radius 3 is 2.11 bits per heavy atom. The topological polar surface area (TPSA) is 189 Å². The highest BCUT2D eigenvalue weighted by Gasteiger charge is 2.26. The first-order chi connectivity index (χ1) is 16.8. The Hall–Kier alpha value is -4.41. The SMILES string of the molecule is NC(N)=NCCC[C@@H](NC(=O)[C@@H](Cc1ccccc1)NC(=O)CNC(=O)c1ccccc1)C(=O)O. The third-order valence-electron chi connectivity index (χ3n) is 4.94. The van der Waals surface area contributed by atoms with Gasteiger partial charge < -0.3 is 32.5 Å². The van der Waals surface area contributed by atoms with Gasteiger partial charge in [-0.25, -0.2) is 4.79 Å². The summed E-state index contributed by atoms with van der Waals surface area (Å²) < 4.78 is 0. The molecule has 2 atom stereocenters. The van der Waals surface area contributed by atoms with Crippen molar-refractivity contribution in [2.24, 2.45) is 16.5 Å². The summed E-state index contributed by atoms with van der Waals surface area (Å²) in [6.45, 7) is -0.138. The Balaban J connectivity index is 2.02. The number of nitrogens with one attached hydrogen (secondary N) is 3. The fourth-order valence-corrected chi connectivity index (χ4v) is 3.19. The molecular formula is C24H30N6O5. The summed E-state index contributed by atoms with van der Waals surface area (Å²) in [6.07, 6.45) is 0.554. The quantitative estimate of drug-likeness (QED) is 0.129. The van der Waals surface area contributed by atoms with Crippen molar-refractivity contribution in [3.05, 3.63) is 71.8 Å². The molecule has 0 saturated heterocycles. The number of carboxylic acid groups (broad SMARTS) is 1. The van der Waals surface area contributed by atoms with Crippen LogP contribution in [-0.4, -0.2) is 59.9 Å². The van der Waals surface area contributed by atoms with Gasteiger partial charge >= 0.3 is 5.97 Å². The van der Waals surface area contributed by atoms with Crippen molar-refractivity contribution in [3.63, 3.8) is 0 Å². The first kappa shape index (κ1) is 26.8. The molecule has 0 aliphatic heterocycles. The molecule has 2 aromatic rings. The number of nitrogens with zero attached hydrogens (tertiary/aromatic N) is 1. The van der Waals surface area contributed by atoms with E-state index in [4.69, 9.17) is 11.5 Å². The second-order valence-electron chi connectivity index (χ2n) is 7.71. The van der Waals surface area contributed by atoms with Crippen molar-refractivity contribution in [2.75, 3.05) is 13.1 Å². The largest absolute Gasteiger partial charge is 0.480 e. The van der Waals surface area contributed by atoms with E-state index in [9.17, 15) is 24.3 Å². The molecule has 3 amide bonds. The van der Waals surface area contributed by atoms with Gasteiger partial charge in [0.05, 0.1) is 6.54 Å². The lowest BCUT2D eigenvalue weighted by Crippen LogP contribution is -2.54. The highest BCUT2D eigenvalue weighted by molar-refractivity contribution is 5.97. The molecule has 0 aliphatic carbocycles. The molecule has 0 spiro atoms. The third kappa shape index (κ3) is 9.95. The Bertz CT molecular complexity index is 1030. The molecule has 0 saturated carbocycles. The average Bonchev–Trinajstić information content (AvgIpc) is 2.84. The molecule has 35 heavy (non-hydrogen) atoms. The van der Waals surface area contributed by atoms with Gasteiger partial charge in [-0.05, 0) is 30.5 Å². The summed E-state index contributed by atoms with van der Waals surface area (Å²) in [7, 11) is 0. The van der Waals surface area contributed by atoms with E-state index in [0.717, 1.165) is 5.56 Å². The predicted molar refractivity (Wildman–Crippen MR) is 130 cm³/mol. The number of benzene rings is 2. The summed E-state index contributed by atoms with van der Waals surface area (Å²) in [5.41, 5.74) is 11.7. The van der Waals surface area contributed by atoms with Crippen molar-refractivity contribution in [1.82, 2.24) is 16.0 Å². The molecular weight excluding hydrogens is 452 g/mol. The number of carbonyl (C=O) groups excluding carboxylic acids is 3. The third-order valence-corrected chi connectivity index (χ3v) is 4.94. The lowest BCUT2D eigenvalue weighted by atomic mass is 10.0. The normalized spacial score (nSPS) is 12.0. The predicted octanol–water partition coefficient (Wildman–Crippen LogP) is -0.233. The first-order valence-electron chi connectivity index (χ1n) is 11.0. The van der Waals surface area contributed by atoms with Gasteiger partial charge in [0.1, 0.15) is 12.1 Å². The van der Waals surface area contributed by atoms with Crippen molar-refractivity contribution >= 4 is 29.7 Å². The summed E-state index contributed by atoms with van der Waals surface area (Å²) in [5, 5.41) is 17.1. The molecule has 2 aromatic carbocycles. The summed E-state index contributed by atoms with van der Waals surface area (Å²) in [6, 6.07) is 15.1. The van der Waals surface area contributed by atoms with Crippen LogP contribution in [0.5, 0.6) is 0 Å². The minimum atomic E-state index is -1.22. The van der Waals surface area contributed by atoms with Crippen LogP contribution in [0.1, 0.15) is 28.8 Å². The van der Waals surface area contributed by atoms with Gasteiger partial charge in [-0.15, -0.1) is 0 Å². The van der Waals surface area contributed by atoms with E-state index >= 15 is 0 Å². The van der Waals surface area contributed by atoms with Gasteiger partial charge in [0.2, 0.25) is 11.8 Å². The minimum absolute atomic E-state index is 0.0942. The van der Waals surface area contributed by atoms with Crippen LogP contribution < -0.4 is 27.4 Å². The maximum absolute atomic E-state index is 13.0. The first-order valence-corrected chi connectivity index (χ1v) is 11.0. The molecule has 186 valence electrons. The van der Waals surface area contributed by atoms with Crippen LogP contribution in [0.3, 0.4) is 0 Å². The van der Waals surface area contributed by atoms with Crippen LogP contribution in [0.2, 0.25) is 0 Å². The van der Waals surface area contributed by atoms with E-state index in [-0.39, 0.29) is 31.9 Å². The fraction of sp³-hybridized carbons (Fsp3) is 0.292. The van der Waals surface area contributed by atoms with Crippen LogP contribution in [0.25, 0.3) is 0 Å². The van der Waals surface area contributed by atoms with Crippen molar-refractivity contribution in [2.45, 2.75) is 31.3 Å². The second kappa shape index (κ2) is 14.0. The number of aliphatic imine (C=N–C) groups is 1. The van der Waals surface area contributed by atoms with Crippen LogP contribution in [0.4, 0.5) is 0 Å². The number of nitrogens with two attached hydrogens (primary N) is 2. The Morgan fingerprint density at radius 2 is 1.51 bits per heavy atom. The number of guanidine groups is 1. The summed E-state index contributed by atoms with van der Waals surface area (Å²) in [5.74, 6) is -3.01. The zero-order valence-electron chi connectivity index (χ0n) is 19.1. The molecule has 0 radical (unpaired) electrons. The van der Waals surface area contributed by atoms with E-state index in [1.54, 1.807) is 54.6 Å². The highest BCUT2D eigenvalue weighted by Crippen LogP contribution is 2.06. The number of carboxylic acids is 1. The van der Waals surface area contributed by atoms with Gasteiger partial charge in [-0.2, -0.15) is 0 Å². The zero-order valence-corrected chi connectivity index (χ0v) is 19.1. The number of aliphatic carboxylic acids is 1. The van der Waals surface area contributed by atoms with Crippen LogP contribution >= 0.6 is 0 Å². The molecule has 11 heteroatoms. The van der Waals surface area contributed by atoms with Gasteiger partial charge in [0.15, 0.2) is 5.96 Å². The van der Waals surface area contributed by atoms with Crippen LogP contribution in [0.15, 0.2) is 65.7 Å². The maximum Gasteiger partial charge on any atom is 0.326 e. The Kier molecular flexibility index (Phi) is 10.7. The molecule has 0 unspecified atom stereocenters. The lowest BCUT2D eigenvalue weighted by molar-refractivity contribution is -0.142. The standard InChI is InChI=1S/C24H30N6O5/c25-24(26)27-13-7-12-18(23(34)35)30-22(33)19(14-16-8-3-1-4-9-16)29-20(31)15-28-21(32)17-10-5-2-6-11-17/h1-6,8-11,18-19H,7,12-15H2,(H,28,32)(H,29,31)(H,30,33)(H,34,35)(H4,25,26,27)/t18-,19-/m1/s1. The van der Waals surface area contributed by atoms with E-state index in [2.05, 4.69) is 20.9 Å². The highest BCUT2D eigenvalue weighted by atomic mass is 16.4. The fourth-order valence-electron chi connectivity index (χ4n) is 3.19. The van der Waals surface area contributed by atoms with Gasteiger partial charge in [-0.1, -0.05) is 48.5 Å². The van der Waals surface area contributed by atoms with Crippen LogP contribution in [0, 0.1) is 0 Å². The monoisotopic (exact) mass is 482 g/mol. The molecule has 2 rings (SSSR count). The molecule has 0 aromatic heterocycles. The molecule has 8 N–H and O–H groups in total. The van der Waals surface area contributed by atoms with E-state index in [1.807, 2.05) is 6.07 Å². The lowest BCUT2D eigenvalue weighted by Gasteiger charge is -2.22. The van der Waals surface area contributed by atoms with Crippen LogP contribution in [-0.2, 0) is 20.8 Å². The second-order valence-corrected chi connectivity index (χ2v) is 7.71. The van der Waals surface area contributed by atoms with Gasteiger partial charge in [0, 0.05) is 18.5 Å². The maximum atomic E-state index is 13.0. The van der Waals surface area contributed by atoms with Crippen molar-refractivity contribution in [1.29, 1.82) is 0 Å². The number of hydrogen-bond donors (Lipinski definition) is 6. The molecule has 0 aliphatic rings. The number of hydrogen-bond acceptors (Lipinski definition) is 5. The van der Waals surface area contributed by atoms with Gasteiger partial charge in [-0.3, -0.25) is 19.4 Å².